The van der Waals surface area contributed by atoms with Gasteiger partial charge in [-0.15, -0.1) is 0 Å². The second-order valence-corrected chi connectivity index (χ2v) is 4.96. The van der Waals surface area contributed by atoms with E-state index < -0.39 is 0 Å². The molecule has 0 spiro atoms. The first-order valence-corrected chi connectivity index (χ1v) is 6.43. The molecule has 1 aromatic heterocycles. The minimum atomic E-state index is 0.255. The van der Waals surface area contributed by atoms with Crippen molar-refractivity contribution < 1.29 is 0 Å². The zero-order chi connectivity index (χ0) is 14.0. The summed E-state index contributed by atoms with van der Waals surface area (Å²) in [6.07, 6.45) is 0. The molecule has 0 fully saturated rings. The molecule has 2 N–H and O–H groups in total. The molecule has 0 aliphatic carbocycles. The van der Waals surface area contributed by atoms with Crippen LogP contribution < -0.4 is 10.6 Å². The highest BCUT2D eigenvalue weighted by molar-refractivity contribution is 5.65. The smallest absolute Gasteiger partial charge is 0.141 e. The van der Waals surface area contributed by atoms with Gasteiger partial charge < -0.3 is 10.6 Å². The minimum Gasteiger partial charge on any atom is -0.383 e. The van der Waals surface area contributed by atoms with Gasteiger partial charge in [0.05, 0.1) is 0 Å². The molecule has 100 valence electrons. The summed E-state index contributed by atoms with van der Waals surface area (Å²) in [5.74, 6) is 2.45. The molecule has 0 saturated heterocycles. The normalized spacial score (nSPS) is 10.8. The number of rotatable bonds is 3. The predicted molar refractivity (Wildman–Crippen MR) is 79.8 cm³/mol. The highest BCUT2D eigenvalue weighted by Crippen LogP contribution is 2.28. The van der Waals surface area contributed by atoms with Gasteiger partial charge in [0.2, 0.25) is 0 Å². The van der Waals surface area contributed by atoms with Crippen molar-refractivity contribution in [3.05, 3.63) is 41.7 Å². The number of para-hydroxylation sites is 1. The molecule has 1 aromatic carbocycles. The number of aromatic nitrogens is 2. The van der Waals surface area contributed by atoms with Crippen molar-refractivity contribution in [3.8, 4) is 0 Å². The number of nitrogens with two attached hydrogens (primary N) is 1. The summed E-state index contributed by atoms with van der Waals surface area (Å²) in [6.45, 7) is 6.08. The predicted octanol–water partition coefficient (Wildman–Crippen LogP) is 3.26. The summed E-state index contributed by atoms with van der Waals surface area (Å²) in [6, 6.07) is 10.1. The summed E-state index contributed by atoms with van der Waals surface area (Å²) in [5.41, 5.74) is 7.99. The largest absolute Gasteiger partial charge is 0.383 e. The Bertz CT molecular complexity index is 564. The van der Waals surface area contributed by atoms with Crippen molar-refractivity contribution in [1.82, 2.24) is 9.97 Å². The van der Waals surface area contributed by atoms with Crippen LogP contribution in [0.5, 0.6) is 0 Å². The average molecular weight is 256 g/mol. The number of benzene rings is 1. The van der Waals surface area contributed by atoms with E-state index in [-0.39, 0.29) is 5.92 Å². The molecule has 2 aromatic rings. The van der Waals surface area contributed by atoms with Crippen molar-refractivity contribution in [3.63, 3.8) is 0 Å². The summed E-state index contributed by atoms with van der Waals surface area (Å²) in [7, 11) is 1.99. The zero-order valence-electron chi connectivity index (χ0n) is 11.9. The lowest BCUT2D eigenvalue weighted by Crippen LogP contribution is -2.16. The molecule has 2 rings (SSSR count). The molecule has 0 amide bonds. The van der Waals surface area contributed by atoms with Crippen molar-refractivity contribution in [1.29, 1.82) is 0 Å². The average Bonchev–Trinajstić information content (AvgIpc) is 2.41. The molecule has 4 heteroatoms. The third kappa shape index (κ3) is 2.67. The van der Waals surface area contributed by atoms with Crippen molar-refractivity contribution in [2.75, 3.05) is 17.7 Å². The van der Waals surface area contributed by atoms with E-state index in [1.54, 1.807) is 0 Å². The topological polar surface area (TPSA) is 55.0 Å². The van der Waals surface area contributed by atoms with Crippen LogP contribution in [0.2, 0.25) is 0 Å². The lowest BCUT2D eigenvalue weighted by molar-refractivity contribution is 0.772. The van der Waals surface area contributed by atoms with E-state index >= 15 is 0 Å². The van der Waals surface area contributed by atoms with Crippen LogP contribution in [0.4, 0.5) is 17.3 Å². The van der Waals surface area contributed by atoms with E-state index in [1.165, 1.54) is 0 Å². The maximum Gasteiger partial charge on any atom is 0.141 e. The van der Waals surface area contributed by atoms with Crippen LogP contribution in [0.1, 0.15) is 31.2 Å². The van der Waals surface area contributed by atoms with Crippen molar-refractivity contribution in [2.45, 2.75) is 26.7 Å². The Labute approximate surface area is 114 Å². The van der Waals surface area contributed by atoms with Gasteiger partial charge in [-0.05, 0) is 19.1 Å². The van der Waals surface area contributed by atoms with Gasteiger partial charge in [-0.25, -0.2) is 9.97 Å². The molecule has 0 aliphatic heterocycles. The highest BCUT2D eigenvalue weighted by atomic mass is 15.2. The van der Waals surface area contributed by atoms with Crippen LogP contribution in [0.3, 0.4) is 0 Å². The van der Waals surface area contributed by atoms with Crippen molar-refractivity contribution in [2.24, 2.45) is 0 Å². The van der Waals surface area contributed by atoms with Gasteiger partial charge in [0, 0.05) is 24.2 Å². The van der Waals surface area contributed by atoms with E-state index in [9.17, 15) is 0 Å². The van der Waals surface area contributed by atoms with Crippen LogP contribution in [-0.2, 0) is 0 Å². The van der Waals surface area contributed by atoms with Crippen LogP contribution >= 0.6 is 0 Å². The second kappa shape index (κ2) is 5.26. The molecule has 0 unspecified atom stereocenters. The summed E-state index contributed by atoms with van der Waals surface area (Å²) < 4.78 is 0. The van der Waals surface area contributed by atoms with Gasteiger partial charge >= 0.3 is 0 Å². The highest BCUT2D eigenvalue weighted by Gasteiger charge is 2.15. The molecular formula is C15H20N4. The van der Waals surface area contributed by atoms with E-state index in [1.807, 2.05) is 49.2 Å². The van der Waals surface area contributed by atoms with Crippen LogP contribution in [0, 0.1) is 6.92 Å². The maximum absolute atomic E-state index is 6.00. The van der Waals surface area contributed by atoms with Crippen LogP contribution in [0.15, 0.2) is 30.3 Å². The lowest BCUT2D eigenvalue weighted by atomic mass is 10.2. The zero-order valence-corrected chi connectivity index (χ0v) is 11.9. The summed E-state index contributed by atoms with van der Waals surface area (Å²) in [4.78, 5) is 11.0. The Kier molecular flexibility index (Phi) is 3.69. The third-order valence-electron chi connectivity index (χ3n) is 3.15. The fourth-order valence-corrected chi connectivity index (χ4v) is 1.90. The number of hydrogen-bond acceptors (Lipinski definition) is 4. The van der Waals surface area contributed by atoms with Gasteiger partial charge in [-0.2, -0.15) is 0 Å². The molecule has 1 heterocycles. The Balaban J connectivity index is 2.49. The Morgan fingerprint density at radius 1 is 1.11 bits per heavy atom. The minimum absolute atomic E-state index is 0.255. The van der Waals surface area contributed by atoms with Crippen LogP contribution in [0.25, 0.3) is 0 Å². The van der Waals surface area contributed by atoms with E-state index in [0.717, 1.165) is 22.9 Å². The Hall–Kier alpha value is -2.10. The van der Waals surface area contributed by atoms with Gasteiger partial charge in [0.15, 0.2) is 0 Å². The molecule has 4 nitrogen and oxygen atoms in total. The first-order valence-electron chi connectivity index (χ1n) is 6.43. The molecule has 0 saturated carbocycles. The third-order valence-corrected chi connectivity index (χ3v) is 3.15. The van der Waals surface area contributed by atoms with Crippen LogP contribution in [-0.4, -0.2) is 17.0 Å². The quantitative estimate of drug-likeness (QED) is 0.915. The molecule has 0 atom stereocenters. The lowest BCUT2D eigenvalue weighted by Gasteiger charge is -2.22. The molecular weight excluding hydrogens is 236 g/mol. The van der Waals surface area contributed by atoms with Gasteiger partial charge in [-0.1, -0.05) is 32.0 Å². The standard InChI is InChI=1S/C15H20N4/c1-10(2)14-17-13(16)11(3)15(18-14)19(4)12-8-6-5-7-9-12/h5-10H,1-4H3,(H2,16,17,18). The van der Waals surface area contributed by atoms with E-state index in [4.69, 9.17) is 5.73 Å². The fourth-order valence-electron chi connectivity index (χ4n) is 1.90. The monoisotopic (exact) mass is 256 g/mol. The first kappa shape index (κ1) is 13.3. The summed E-state index contributed by atoms with van der Waals surface area (Å²) >= 11 is 0. The van der Waals surface area contributed by atoms with Gasteiger partial charge in [-0.3, -0.25) is 0 Å². The Morgan fingerprint density at radius 3 is 2.32 bits per heavy atom. The fraction of sp³-hybridized carbons (Fsp3) is 0.333. The van der Waals surface area contributed by atoms with Gasteiger partial charge in [0.25, 0.3) is 0 Å². The van der Waals surface area contributed by atoms with Crippen molar-refractivity contribution >= 4 is 17.3 Å². The van der Waals surface area contributed by atoms with Gasteiger partial charge in [0.1, 0.15) is 17.5 Å². The number of nitrogen functional groups attached to an aromatic ring is 1. The van der Waals surface area contributed by atoms with E-state index in [2.05, 4.69) is 23.8 Å². The number of anilines is 3. The maximum atomic E-state index is 6.00. The molecule has 0 radical (unpaired) electrons. The first-order chi connectivity index (χ1) is 9.00. The number of hydrogen-bond donors (Lipinski definition) is 1. The summed E-state index contributed by atoms with van der Waals surface area (Å²) in [5, 5.41) is 0. The second-order valence-electron chi connectivity index (χ2n) is 4.96. The van der Waals surface area contributed by atoms with E-state index in [0.29, 0.717) is 5.82 Å². The Morgan fingerprint density at radius 2 is 1.74 bits per heavy atom. The molecule has 0 bridgehead atoms. The molecule has 0 aliphatic rings. The SMILES string of the molecule is Cc1c(N)nc(C(C)C)nc1N(C)c1ccccc1. The number of nitrogens with zero attached hydrogens (tertiary/aromatic N) is 3. The molecule has 19 heavy (non-hydrogen) atoms.